The minimum Gasteiger partial charge on any atom is -0.494 e. The maximum Gasteiger partial charge on any atom is 0.292 e. The van der Waals surface area contributed by atoms with Crippen LogP contribution in [0.25, 0.3) is 0 Å². The van der Waals surface area contributed by atoms with Crippen LogP contribution in [-0.2, 0) is 0 Å². The summed E-state index contributed by atoms with van der Waals surface area (Å²) in [7, 11) is 0. The van der Waals surface area contributed by atoms with Crippen molar-refractivity contribution in [2.24, 2.45) is 0 Å². The largest absolute Gasteiger partial charge is 0.494 e. The molecule has 0 fully saturated rings. The van der Waals surface area contributed by atoms with Crippen LogP contribution in [0.3, 0.4) is 0 Å². The Bertz CT molecular complexity index is 760. The summed E-state index contributed by atoms with van der Waals surface area (Å²) in [6.07, 6.45) is 14.9. The van der Waals surface area contributed by atoms with Crippen molar-refractivity contribution < 1.29 is 14.3 Å². The zero-order valence-electron chi connectivity index (χ0n) is 20.7. The van der Waals surface area contributed by atoms with Crippen LogP contribution in [0, 0.1) is 4.91 Å². The number of nitrogens with zero attached hydrogens (tertiary/aromatic N) is 1. The summed E-state index contributed by atoms with van der Waals surface area (Å²) >= 11 is 0. The topological polar surface area (TPSA) is 50.6 Å². The van der Waals surface area contributed by atoms with E-state index in [0.717, 1.165) is 48.1 Å². The lowest BCUT2D eigenvalue weighted by molar-refractivity contribution is -0.427. The number of nitrogens with one attached hydrogen (secondary N) is 1. The monoisotopic (exact) mass is 455 g/mol. The summed E-state index contributed by atoms with van der Waals surface area (Å²) < 4.78 is 11.6. The van der Waals surface area contributed by atoms with Crippen molar-refractivity contribution in [3.05, 3.63) is 53.4 Å². The molecular formula is C28H43N2O3+. The van der Waals surface area contributed by atoms with Crippen LogP contribution in [0.1, 0.15) is 90.9 Å². The number of nitroso groups, excluding NO2 is 1. The Kier molecular flexibility index (Phi) is 13.7. The molecule has 0 aliphatic heterocycles. The van der Waals surface area contributed by atoms with Crippen LogP contribution < -0.4 is 14.9 Å². The van der Waals surface area contributed by atoms with Crippen LogP contribution >= 0.6 is 0 Å². The molecule has 0 atom stereocenters. The highest BCUT2D eigenvalue weighted by molar-refractivity contribution is 5.45. The number of anilines is 1. The van der Waals surface area contributed by atoms with Gasteiger partial charge in [0.1, 0.15) is 17.2 Å². The third kappa shape index (κ3) is 11.7. The van der Waals surface area contributed by atoms with E-state index in [1.54, 1.807) is 12.1 Å². The molecule has 0 saturated carbocycles. The molecule has 2 aromatic rings. The molecule has 0 amide bonds. The summed E-state index contributed by atoms with van der Waals surface area (Å²) in [6, 6.07) is 14.7. The Balaban J connectivity index is 1.65. The van der Waals surface area contributed by atoms with Gasteiger partial charge in [-0.1, -0.05) is 78.1 Å². The number of hydrogen-bond donors (Lipinski definition) is 1. The molecule has 0 aromatic heterocycles. The molecule has 1 N–H and O–H groups in total. The summed E-state index contributed by atoms with van der Waals surface area (Å²) in [5.74, 6) is 1.63. The predicted molar refractivity (Wildman–Crippen MR) is 138 cm³/mol. The molecule has 5 heteroatoms. The first-order valence-corrected chi connectivity index (χ1v) is 12.9. The van der Waals surface area contributed by atoms with Gasteiger partial charge in [-0.15, -0.1) is 5.43 Å². The van der Waals surface area contributed by atoms with Gasteiger partial charge in [-0.25, -0.2) is 0 Å². The van der Waals surface area contributed by atoms with E-state index in [-0.39, 0.29) is 0 Å². The first-order chi connectivity index (χ1) is 16.2. The molecule has 0 unspecified atom stereocenters. The normalized spacial score (nSPS) is 10.7. The molecule has 5 nitrogen and oxygen atoms in total. The van der Waals surface area contributed by atoms with E-state index in [4.69, 9.17) is 9.47 Å². The van der Waals surface area contributed by atoms with Crippen LogP contribution in [0.2, 0.25) is 0 Å². The second kappa shape index (κ2) is 17.0. The van der Waals surface area contributed by atoms with Gasteiger partial charge in [0, 0.05) is 12.1 Å². The van der Waals surface area contributed by atoms with Crippen LogP contribution in [0.4, 0.5) is 11.4 Å². The number of hydrogen-bond acceptors (Lipinski definition) is 3. The number of ether oxygens (including phenoxy) is 2. The summed E-state index contributed by atoms with van der Waals surface area (Å²) in [5, 5.41) is 0. The number of unbranched alkanes of at least 4 members (excludes halogenated alkanes) is 10. The summed E-state index contributed by atoms with van der Waals surface area (Å²) in [4.78, 5) is 13.2. The maximum absolute atomic E-state index is 12.4. The van der Waals surface area contributed by atoms with Gasteiger partial charge in [0.2, 0.25) is 0 Å². The van der Waals surface area contributed by atoms with E-state index in [2.05, 4.69) is 19.3 Å². The first-order valence-electron chi connectivity index (χ1n) is 12.9. The van der Waals surface area contributed by atoms with Crippen molar-refractivity contribution >= 4 is 11.4 Å². The van der Waals surface area contributed by atoms with Crippen molar-refractivity contribution in [3.8, 4) is 11.5 Å². The Hall–Kier alpha value is -2.56. The van der Waals surface area contributed by atoms with Crippen molar-refractivity contribution in [3.63, 3.8) is 0 Å². The van der Waals surface area contributed by atoms with E-state index in [1.165, 1.54) is 64.2 Å². The Morgan fingerprint density at radius 3 is 1.52 bits per heavy atom. The average Bonchev–Trinajstić information content (AvgIpc) is 2.84. The zero-order valence-corrected chi connectivity index (χ0v) is 20.7. The van der Waals surface area contributed by atoms with Crippen molar-refractivity contribution in [1.29, 1.82) is 0 Å². The lowest BCUT2D eigenvalue weighted by Crippen LogP contribution is -2.10. The van der Waals surface area contributed by atoms with Gasteiger partial charge in [-0.05, 0) is 49.2 Å². The van der Waals surface area contributed by atoms with E-state index in [0.29, 0.717) is 5.69 Å². The van der Waals surface area contributed by atoms with Gasteiger partial charge < -0.3 is 9.47 Å². The minimum absolute atomic E-state index is 0.533. The molecule has 2 aromatic carbocycles. The van der Waals surface area contributed by atoms with Crippen molar-refractivity contribution in [2.75, 3.05) is 18.6 Å². The van der Waals surface area contributed by atoms with Crippen molar-refractivity contribution in [2.45, 2.75) is 90.9 Å². The quantitative estimate of drug-likeness (QED) is 0.131. The number of rotatable bonds is 19. The lowest BCUT2D eigenvalue weighted by Gasteiger charge is -2.07. The second-order valence-electron chi connectivity index (χ2n) is 8.66. The molecule has 0 bridgehead atoms. The number of hydrazine groups is 1. The standard InChI is InChI=1S/C28H43N2O3/c1-3-5-7-9-11-13-23-32-27-19-15-25(16-20-27)29-30(31)26-17-21-28(22-18-26)33-24-14-12-10-8-6-4-2/h15-22H,3-14,23-24H2,1-2H3,(H,29,31)/q+1. The highest BCUT2D eigenvalue weighted by Crippen LogP contribution is 2.21. The van der Waals surface area contributed by atoms with Crippen LogP contribution in [-0.4, -0.2) is 18.1 Å². The Morgan fingerprint density at radius 2 is 1.03 bits per heavy atom. The van der Waals surface area contributed by atoms with E-state index < -0.39 is 0 Å². The van der Waals surface area contributed by atoms with Gasteiger partial charge in [-0.2, -0.15) is 0 Å². The second-order valence-corrected chi connectivity index (χ2v) is 8.66. The fourth-order valence-corrected chi connectivity index (χ4v) is 3.63. The molecule has 0 aliphatic carbocycles. The van der Waals surface area contributed by atoms with E-state index >= 15 is 0 Å². The van der Waals surface area contributed by atoms with E-state index in [1.807, 2.05) is 36.4 Å². The molecule has 33 heavy (non-hydrogen) atoms. The fraction of sp³-hybridized carbons (Fsp3) is 0.571. The third-order valence-corrected chi connectivity index (χ3v) is 5.69. The fourth-order valence-electron chi connectivity index (χ4n) is 3.63. The average molecular weight is 456 g/mol. The lowest BCUT2D eigenvalue weighted by atomic mass is 10.1. The van der Waals surface area contributed by atoms with Gasteiger partial charge in [0.25, 0.3) is 5.69 Å². The Morgan fingerprint density at radius 1 is 0.606 bits per heavy atom. The van der Waals surface area contributed by atoms with Crippen molar-refractivity contribution in [1.82, 2.24) is 0 Å². The molecule has 182 valence electrons. The molecule has 0 spiro atoms. The molecule has 0 aliphatic rings. The van der Waals surface area contributed by atoms with E-state index in [9.17, 15) is 4.91 Å². The summed E-state index contributed by atoms with van der Waals surface area (Å²) in [6.45, 7) is 5.92. The number of benzene rings is 2. The Labute approximate surface area is 200 Å². The highest BCUT2D eigenvalue weighted by atomic mass is 16.5. The zero-order chi connectivity index (χ0) is 23.6. The SMILES string of the molecule is CCCCCCCCOc1ccc(N[N+](=O)c2ccc(OCCCCCCCC)cc2)cc1. The van der Waals surface area contributed by atoms with Gasteiger partial charge in [-0.3, -0.25) is 0 Å². The predicted octanol–water partition coefficient (Wildman–Crippen LogP) is 8.60. The maximum atomic E-state index is 12.4. The van der Waals surface area contributed by atoms with Crippen LogP contribution in [0.15, 0.2) is 48.5 Å². The highest BCUT2D eigenvalue weighted by Gasteiger charge is 2.14. The molecule has 2 rings (SSSR count). The first kappa shape index (κ1) is 26.7. The van der Waals surface area contributed by atoms with Gasteiger partial charge >= 0.3 is 0 Å². The summed E-state index contributed by atoms with van der Waals surface area (Å²) in [5.41, 5.74) is 4.11. The van der Waals surface area contributed by atoms with Gasteiger partial charge in [0.15, 0.2) is 4.87 Å². The van der Waals surface area contributed by atoms with Gasteiger partial charge in [0.05, 0.1) is 18.1 Å². The molecule has 0 radical (unpaired) electrons. The molecule has 0 heterocycles. The van der Waals surface area contributed by atoms with Crippen LogP contribution in [0.5, 0.6) is 11.5 Å². The molecule has 0 saturated heterocycles. The third-order valence-electron chi connectivity index (χ3n) is 5.69. The molecular weight excluding hydrogens is 412 g/mol. The minimum atomic E-state index is 0.533. The smallest absolute Gasteiger partial charge is 0.292 e.